The molecule has 4 rings (SSSR count). The number of carbonyl (C=O) groups is 2. The van der Waals surface area contributed by atoms with E-state index >= 15 is 0 Å². The summed E-state index contributed by atoms with van der Waals surface area (Å²) in [6.07, 6.45) is 10.6. The summed E-state index contributed by atoms with van der Waals surface area (Å²) in [5.41, 5.74) is 0.521. The minimum absolute atomic E-state index is 0.0887. The average molecular weight is 391 g/mol. The third-order valence-corrected chi connectivity index (χ3v) is 9.68. The third kappa shape index (κ3) is 3.24. The zero-order valence-corrected chi connectivity index (χ0v) is 17.9. The summed E-state index contributed by atoms with van der Waals surface area (Å²) in [6, 6.07) is 0. The van der Waals surface area contributed by atoms with Crippen LogP contribution in [0.5, 0.6) is 0 Å². The molecule has 158 valence electrons. The number of carbonyl (C=O) groups excluding carboxylic acids is 2. The van der Waals surface area contributed by atoms with Gasteiger partial charge in [0.05, 0.1) is 12.7 Å². The second-order valence-electron chi connectivity index (χ2n) is 10.8. The van der Waals surface area contributed by atoms with Crippen molar-refractivity contribution in [3.05, 3.63) is 0 Å². The predicted molar refractivity (Wildman–Crippen MR) is 107 cm³/mol. The van der Waals surface area contributed by atoms with Crippen molar-refractivity contribution >= 4 is 11.8 Å². The maximum absolute atomic E-state index is 13.0. The van der Waals surface area contributed by atoms with Crippen molar-refractivity contribution in [2.24, 2.45) is 40.4 Å². The summed E-state index contributed by atoms with van der Waals surface area (Å²) >= 11 is 0. The summed E-state index contributed by atoms with van der Waals surface area (Å²) in [7, 11) is 0. The van der Waals surface area contributed by atoms with E-state index in [-0.39, 0.29) is 30.0 Å². The number of hydrogen-bond donors (Lipinski definition) is 1. The Kier molecular flexibility index (Phi) is 5.39. The molecule has 0 amide bonds. The minimum atomic E-state index is -0.300. The highest BCUT2D eigenvalue weighted by Gasteiger charge is 2.60. The fraction of sp³-hybridized carbons (Fsp3) is 0.917. The smallest absolute Gasteiger partial charge is 0.302 e. The van der Waals surface area contributed by atoms with Gasteiger partial charge in [-0.05, 0) is 92.3 Å². The van der Waals surface area contributed by atoms with Gasteiger partial charge >= 0.3 is 5.97 Å². The van der Waals surface area contributed by atoms with Crippen molar-refractivity contribution in [1.82, 2.24) is 0 Å². The van der Waals surface area contributed by atoms with Crippen molar-refractivity contribution in [2.75, 3.05) is 6.61 Å². The standard InChI is InChI=1S/C24H38O4/c1-15(25)28-13-10-22(27)21-7-6-19-18-5-4-16-14-17(26)8-11-23(16,2)20(18)9-12-24(19,21)3/h16-21,26H,4-14H2,1-3H3/t16-,17+,18-,19-,20-,21+,23-,24-/m0/s1. The Morgan fingerprint density at radius 1 is 0.964 bits per heavy atom. The summed E-state index contributed by atoms with van der Waals surface area (Å²) in [4.78, 5) is 24.0. The van der Waals surface area contributed by atoms with E-state index in [9.17, 15) is 14.7 Å². The molecule has 4 heteroatoms. The van der Waals surface area contributed by atoms with Gasteiger partial charge in [0.15, 0.2) is 0 Å². The Hall–Kier alpha value is -0.900. The lowest BCUT2D eigenvalue weighted by Crippen LogP contribution is -2.54. The Balaban J connectivity index is 1.47. The Labute approximate surface area is 169 Å². The second kappa shape index (κ2) is 7.41. The quantitative estimate of drug-likeness (QED) is 0.717. The molecule has 0 aromatic heterocycles. The van der Waals surface area contributed by atoms with Crippen LogP contribution in [0, 0.1) is 40.4 Å². The van der Waals surface area contributed by atoms with Crippen molar-refractivity contribution in [3.63, 3.8) is 0 Å². The van der Waals surface area contributed by atoms with Crippen molar-refractivity contribution in [2.45, 2.75) is 91.1 Å². The zero-order chi connectivity index (χ0) is 20.1. The van der Waals surface area contributed by atoms with Crippen LogP contribution in [0.4, 0.5) is 0 Å². The maximum Gasteiger partial charge on any atom is 0.302 e. The first-order valence-corrected chi connectivity index (χ1v) is 11.6. The Morgan fingerprint density at radius 3 is 2.43 bits per heavy atom. The van der Waals surface area contributed by atoms with Gasteiger partial charge in [0.25, 0.3) is 0 Å². The highest BCUT2D eigenvalue weighted by atomic mass is 16.5. The van der Waals surface area contributed by atoms with Gasteiger partial charge in [-0.15, -0.1) is 0 Å². The molecule has 0 heterocycles. The van der Waals surface area contributed by atoms with Gasteiger partial charge in [-0.1, -0.05) is 13.8 Å². The number of rotatable bonds is 4. The topological polar surface area (TPSA) is 63.6 Å². The number of aliphatic hydroxyl groups is 1. The van der Waals surface area contributed by atoms with E-state index in [2.05, 4.69) is 13.8 Å². The number of fused-ring (bicyclic) bond motifs is 5. The van der Waals surface area contributed by atoms with E-state index in [1.54, 1.807) is 0 Å². The van der Waals surface area contributed by atoms with Crippen LogP contribution in [0.25, 0.3) is 0 Å². The van der Waals surface area contributed by atoms with Gasteiger partial charge in [0, 0.05) is 19.3 Å². The molecule has 4 nitrogen and oxygen atoms in total. The van der Waals surface area contributed by atoms with Gasteiger partial charge < -0.3 is 9.84 Å². The highest BCUT2D eigenvalue weighted by Crippen LogP contribution is 2.67. The third-order valence-electron chi connectivity index (χ3n) is 9.68. The first-order valence-electron chi connectivity index (χ1n) is 11.6. The molecule has 4 fully saturated rings. The first-order chi connectivity index (χ1) is 13.3. The van der Waals surface area contributed by atoms with Crippen molar-refractivity contribution < 1.29 is 19.4 Å². The fourth-order valence-electron chi connectivity index (χ4n) is 8.23. The molecule has 28 heavy (non-hydrogen) atoms. The molecule has 0 radical (unpaired) electrons. The largest absolute Gasteiger partial charge is 0.465 e. The number of ketones is 1. The molecule has 8 atom stereocenters. The normalized spacial score (nSPS) is 47.6. The molecular formula is C24H38O4. The SMILES string of the molecule is CC(=O)OCCC(=O)[C@H]1CC[C@H]2[C@@H]3CC[C@H]4C[C@H](O)CC[C@]4(C)[C@H]3CC[C@]12C. The van der Waals surface area contributed by atoms with Gasteiger partial charge in [-0.2, -0.15) is 0 Å². The van der Waals surface area contributed by atoms with Gasteiger partial charge in [-0.25, -0.2) is 0 Å². The zero-order valence-electron chi connectivity index (χ0n) is 17.9. The first kappa shape index (κ1) is 20.4. The molecular weight excluding hydrogens is 352 g/mol. The van der Waals surface area contributed by atoms with Crippen LogP contribution < -0.4 is 0 Å². The molecule has 0 bridgehead atoms. The van der Waals surface area contributed by atoms with Crippen LogP contribution in [-0.4, -0.2) is 29.6 Å². The number of aliphatic hydroxyl groups excluding tert-OH is 1. The second-order valence-corrected chi connectivity index (χ2v) is 10.8. The predicted octanol–water partition coefficient (Wildman–Crippen LogP) is 4.53. The summed E-state index contributed by atoms with van der Waals surface area (Å²) in [6.45, 7) is 6.54. The molecule has 0 spiro atoms. The van der Waals surface area contributed by atoms with E-state index in [4.69, 9.17) is 4.74 Å². The monoisotopic (exact) mass is 390 g/mol. The van der Waals surface area contributed by atoms with Crippen LogP contribution in [-0.2, 0) is 14.3 Å². The highest BCUT2D eigenvalue weighted by molar-refractivity contribution is 5.82. The Morgan fingerprint density at radius 2 is 1.68 bits per heavy atom. The van der Waals surface area contributed by atoms with Gasteiger partial charge in [-0.3, -0.25) is 9.59 Å². The molecule has 4 aliphatic carbocycles. The van der Waals surface area contributed by atoms with E-state index in [1.165, 1.54) is 39.0 Å². The van der Waals surface area contributed by atoms with Gasteiger partial charge in [0.1, 0.15) is 5.78 Å². The summed E-state index contributed by atoms with van der Waals surface area (Å²) < 4.78 is 5.03. The van der Waals surface area contributed by atoms with Crippen LogP contribution in [0.1, 0.15) is 85.0 Å². The van der Waals surface area contributed by atoms with Crippen LogP contribution in [0.2, 0.25) is 0 Å². The molecule has 0 aliphatic heterocycles. The van der Waals surface area contributed by atoms with E-state index in [0.29, 0.717) is 29.5 Å². The molecule has 4 saturated carbocycles. The molecule has 0 unspecified atom stereocenters. The van der Waals surface area contributed by atoms with Crippen LogP contribution in [0.3, 0.4) is 0 Å². The van der Waals surface area contributed by atoms with Crippen LogP contribution >= 0.6 is 0 Å². The Bertz CT molecular complexity index is 630. The molecule has 1 N–H and O–H groups in total. The average Bonchev–Trinajstić information content (AvgIpc) is 2.99. The maximum atomic E-state index is 13.0. The lowest BCUT2D eigenvalue weighted by molar-refractivity contribution is -0.144. The lowest BCUT2D eigenvalue weighted by atomic mass is 9.44. The van der Waals surface area contributed by atoms with Gasteiger partial charge in [0.2, 0.25) is 0 Å². The summed E-state index contributed by atoms with van der Waals surface area (Å²) in [5.74, 6) is 3.03. The number of ether oxygens (including phenoxy) is 1. The number of Topliss-reactive ketones (excluding diaryl/α,β-unsaturated/α-hetero) is 1. The van der Waals surface area contributed by atoms with Crippen LogP contribution in [0.15, 0.2) is 0 Å². The van der Waals surface area contributed by atoms with E-state index in [1.807, 2.05) is 0 Å². The molecule has 0 aromatic rings. The fourth-order valence-corrected chi connectivity index (χ4v) is 8.23. The summed E-state index contributed by atoms with van der Waals surface area (Å²) in [5, 5.41) is 10.2. The van der Waals surface area contributed by atoms with E-state index < -0.39 is 0 Å². The number of hydrogen-bond acceptors (Lipinski definition) is 4. The van der Waals surface area contributed by atoms with Crippen molar-refractivity contribution in [3.8, 4) is 0 Å². The molecule has 0 saturated heterocycles. The number of esters is 1. The minimum Gasteiger partial charge on any atom is -0.465 e. The molecule has 0 aromatic carbocycles. The lowest BCUT2D eigenvalue weighted by Gasteiger charge is -2.60. The van der Waals surface area contributed by atoms with Crippen molar-refractivity contribution in [1.29, 1.82) is 0 Å². The molecule has 4 aliphatic rings. The van der Waals surface area contributed by atoms with E-state index in [0.717, 1.165) is 37.5 Å².